The molecule has 7 rings (SSSR count). The topological polar surface area (TPSA) is 272 Å². The van der Waals surface area contributed by atoms with Crippen LogP contribution in [-0.4, -0.2) is 104 Å². The SMILES string of the molecule is Nc1ncnc2c1ncn2[C@@H]1OC2COP(O)(=S)OC3[C@@H](O)C(COP(=O)(O)OC2C1F)O[C@H]3n1cnc2c(N)ncnc21. The molecule has 0 saturated carbocycles. The van der Waals surface area contributed by atoms with Crippen molar-refractivity contribution in [2.45, 2.75) is 49.1 Å². The fourth-order valence-electron chi connectivity index (χ4n) is 5.19. The van der Waals surface area contributed by atoms with E-state index < -0.39 is 76.9 Å². The fraction of sp³-hybridized carbons (Fsp3) is 0.500. The van der Waals surface area contributed by atoms with Crippen LogP contribution in [0.1, 0.15) is 12.5 Å². The highest BCUT2D eigenvalue weighted by Gasteiger charge is 2.54. The number of aliphatic hydroxyl groups is 1. The lowest BCUT2D eigenvalue weighted by molar-refractivity contribution is -0.0635. The Morgan fingerprint density at radius 1 is 0.841 bits per heavy atom. The van der Waals surface area contributed by atoms with Gasteiger partial charge in [0.1, 0.15) is 54.2 Å². The Morgan fingerprint density at radius 2 is 1.41 bits per heavy atom. The zero-order valence-corrected chi connectivity index (χ0v) is 24.6. The van der Waals surface area contributed by atoms with Crippen molar-refractivity contribution in [3.05, 3.63) is 25.3 Å². The van der Waals surface area contributed by atoms with Crippen molar-refractivity contribution in [1.29, 1.82) is 0 Å². The number of nitrogens with zero attached hydrogens (tertiary/aromatic N) is 8. The molecule has 7 heterocycles. The Balaban J connectivity index is 1.20. The largest absolute Gasteiger partial charge is 0.472 e. The third-order valence-electron chi connectivity index (χ3n) is 7.22. The van der Waals surface area contributed by atoms with Crippen LogP contribution in [0.5, 0.6) is 0 Å². The number of aromatic nitrogens is 8. The lowest BCUT2D eigenvalue weighted by Crippen LogP contribution is -2.35. The quantitative estimate of drug-likeness (QED) is 0.167. The molecule has 3 saturated heterocycles. The molecular formula is C20H23FN10O10P2S. The van der Waals surface area contributed by atoms with Gasteiger partial charge in [-0.25, -0.2) is 38.9 Å². The molecule has 7 unspecified atom stereocenters. The van der Waals surface area contributed by atoms with Crippen molar-refractivity contribution in [1.82, 2.24) is 39.0 Å². The number of nitrogen functional groups attached to an aromatic ring is 2. The number of phosphoric ester groups is 1. The molecule has 0 amide bonds. The molecule has 4 aromatic heterocycles. The monoisotopic (exact) mass is 676 g/mol. The van der Waals surface area contributed by atoms with E-state index in [2.05, 4.69) is 29.9 Å². The molecule has 2 bridgehead atoms. The Morgan fingerprint density at radius 3 is 2.05 bits per heavy atom. The highest BCUT2D eigenvalue weighted by Crippen LogP contribution is 2.54. The standard InChI is InChI=1S/C20H23FN10O10P2S/c21-9-13-8(39-19(9)30-5-28-10-15(22)24-3-26-17(10)30)2-37-43(35,44)41-14-12(32)7(1-36-42(33,34)40-13)38-20(14)31-6-29-11-16(23)25-4-27-18(11)31/h3-9,12-14,19-20,32H,1-2H2,(H,33,34)(H,35,44)(H2,22,24,26)(H2,23,25,27)/t7?,8?,9?,12-,13?,14?,19+,20+,43?/m0/s1. The summed E-state index contributed by atoms with van der Waals surface area (Å²) in [6.45, 7) is -5.66. The van der Waals surface area contributed by atoms with E-state index in [0.29, 0.717) is 0 Å². The number of nitrogens with two attached hydrogens (primary N) is 2. The zero-order chi connectivity index (χ0) is 31.0. The van der Waals surface area contributed by atoms with Gasteiger partial charge in [0, 0.05) is 0 Å². The van der Waals surface area contributed by atoms with Gasteiger partial charge in [0.25, 0.3) is 0 Å². The second kappa shape index (κ2) is 10.9. The van der Waals surface area contributed by atoms with Crippen molar-refractivity contribution in [2.24, 2.45) is 0 Å². The van der Waals surface area contributed by atoms with Gasteiger partial charge >= 0.3 is 14.5 Å². The Hall–Kier alpha value is -2.85. The summed E-state index contributed by atoms with van der Waals surface area (Å²) in [5, 5.41) is 11.1. The third kappa shape index (κ3) is 5.15. The molecule has 3 aliphatic heterocycles. The van der Waals surface area contributed by atoms with E-state index in [1.54, 1.807) is 0 Å². The fourth-order valence-corrected chi connectivity index (χ4v) is 7.56. The van der Waals surface area contributed by atoms with E-state index in [-0.39, 0.29) is 34.0 Å². The van der Waals surface area contributed by atoms with Gasteiger partial charge in [-0.1, -0.05) is 0 Å². The number of ether oxygens (including phenoxy) is 2. The van der Waals surface area contributed by atoms with Crippen molar-refractivity contribution in [3.63, 3.8) is 0 Å². The van der Waals surface area contributed by atoms with E-state index in [9.17, 15) is 19.5 Å². The number of phosphoric acid groups is 1. The van der Waals surface area contributed by atoms with Crippen LogP contribution in [0.2, 0.25) is 0 Å². The molecular weight excluding hydrogens is 653 g/mol. The average Bonchev–Trinajstić information content (AvgIpc) is 3.73. The molecule has 0 aliphatic carbocycles. The lowest BCUT2D eigenvalue weighted by Gasteiger charge is -2.27. The highest BCUT2D eigenvalue weighted by molar-refractivity contribution is 8.07. The molecule has 236 valence electrons. The number of hydrogen-bond donors (Lipinski definition) is 5. The van der Waals surface area contributed by atoms with Gasteiger partial charge in [-0.2, -0.15) is 0 Å². The maximum absolute atomic E-state index is 15.9. The van der Waals surface area contributed by atoms with Crippen LogP contribution in [0.4, 0.5) is 16.0 Å². The third-order valence-corrected chi connectivity index (χ3v) is 9.76. The predicted molar refractivity (Wildman–Crippen MR) is 146 cm³/mol. The minimum absolute atomic E-state index is 0.0348. The van der Waals surface area contributed by atoms with Crippen molar-refractivity contribution in [2.75, 3.05) is 24.7 Å². The van der Waals surface area contributed by atoms with Crippen LogP contribution < -0.4 is 11.5 Å². The first-order valence-electron chi connectivity index (χ1n) is 12.7. The van der Waals surface area contributed by atoms with Gasteiger partial charge in [0.15, 0.2) is 41.6 Å². The summed E-state index contributed by atoms with van der Waals surface area (Å²) in [4.78, 5) is 45.8. The second-order valence-corrected chi connectivity index (χ2v) is 14.1. The summed E-state index contributed by atoms with van der Waals surface area (Å²) in [6.07, 6.45) is -7.61. The molecule has 3 aliphatic rings. The molecule has 24 heteroatoms. The number of halogens is 1. The first-order chi connectivity index (χ1) is 20.9. The summed E-state index contributed by atoms with van der Waals surface area (Å²) in [5.74, 6) is 0.101. The van der Waals surface area contributed by atoms with E-state index in [1.165, 1.54) is 28.1 Å². The molecule has 0 spiro atoms. The smallest absolute Gasteiger partial charge is 0.387 e. The number of hydrogen-bond acceptors (Lipinski definition) is 17. The van der Waals surface area contributed by atoms with Crippen LogP contribution >= 0.6 is 14.5 Å². The van der Waals surface area contributed by atoms with E-state index in [0.717, 1.165) is 6.33 Å². The average molecular weight is 676 g/mol. The predicted octanol–water partition coefficient (Wildman–Crippen LogP) is -0.541. The van der Waals surface area contributed by atoms with Gasteiger partial charge in [-0.3, -0.25) is 22.7 Å². The Bertz CT molecular complexity index is 1830. The number of anilines is 2. The van der Waals surface area contributed by atoms with Crippen LogP contribution in [0.3, 0.4) is 0 Å². The van der Waals surface area contributed by atoms with Gasteiger partial charge in [-0.05, 0) is 11.8 Å². The van der Waals surface area contributed by atoms with Crippen molar-refractivity contribution in [3.8, 4) is 0 Å². The summed E-state index contributed by atoms with van der Waals surface area (Å²) in [6, 6.07) is 0. The normalized spacial score (nSPS) is 38.3. The highest BCUT2D eigenvalue weighted by atomic mass is 32.5. The lowest BCUT2D eigenvalue weighted by atomic mass is 10.1. The molecule has 44 heavy (non-hydrogen) atoms. The number of fused-ring (bicyclic) bond motifs is 5. The molecule has 4 aromatic rings. The molecule has 7 N–H and O–H groups in total. The minimum Gasteiger partial charge on any atom is -0.387 e. The van der Waals surface area contributed by atoms with Gasteiger partial charge in [-0.15, -0.1) is 0 Å². The number of aliphatic hydroxyl groups excluding tert-OH is 1. The zero-order valence-electron chi connectivity index (χ0n) is 22.0. The van der Waals surface area contributed by atoms with Crippen LogP contribution in [0.25, 0.3) is 22.3 Å². The van der Waals surface area contributed by atoms with Gasteiger partial charge < -0.3 is 40.4 Å². The molecule has 20 nitrogen and oxygen atoms in total. The first-order valence-corrected chi connectivity index (χ1v) is 16.8. The molecule has 0 aromatic carbocycles. The van der Waals surface area contributed by atoms with Crippen molar-refractivity contribution >= 4 is 60.3 Å². The minimum atomic E-state index is -5.05. The second-order valence-electron chi connectivity index (χ2n) is 9.90. The molecule has 0 radical (unpaired) electrons. The van der Waals surface area contributed by atoms with E-state index >= 15 is 4.39 Å². The summed E-state index contributed by atoms with van der Waals surface area (Å²) < 4.78 is 64.7. The number of rotatable bonds is 2. The summed E-state index contributed by atoms with van der Waals surface area (Å²) in [7, 11) is -5.05. The Labute approximate surface area is 249 Å². The first kappa shape index (κ1) is 29.8. The van der Waals surface area contributed by atoms with Crippen LogP contribution in [0, 0.1) is 0 Å². The molecule has 3 fully saturated rings. The van der Waals surface area contributed by atoms with E-state index in [4.69, 9.17) is 50.8 Å². The van der Waals surface area contributed by atoms with Crippen molar-refractivity contribution < 1.29 is 51.4 Å². The summed E-state index contributed by atoms with van der Waals surface area (Å²) >= 11 is 5.21. The number of imidazole rings is 2. The maximum atomic E-state index is 15.9. The number of alkyl halides is 1. The van der Waals surface area contributed by atoms with Gasteiger partial charge in [0.2, 0.25) is 0 Å². The maximum Gasteiger partial charge on any atom is 0.472 e. The van der Waals surface area contributed by atoms with Gasteiger partial charge in [0.05, 0.1) is 25.9 Å². The van der Waals surface area contributed by atoms with E-state index in [1.807, 2.05) is 0 Å². The van der Waals surface area contributed by atoms with Crippen LogP contribution in [-0.2, 0) is 43.9 Å². The van der Waals surface area contributed by atoms with Crippen LogP contribution in [0.15, 0.2) is 25.3 Å². The molecule has 10 atom stereocenters. The summed E-state index contributed by atoms with van der Waals surface area (Å²) in [5.41, 5.74) is 12.4. The Kier molecular flexibility index (Phi) is 7.39.